The lowest BCUT2D eigenvalue weighted by Crippen LogP contribution is -2.16. The summed E-state index contributed by atoms with van der Waals surface area (Å²) in [6, 6.07) is 14.5. The summed E-state index contributed by atoms with van der Waals surface area (Å²) >= 11 is 1.85. The Labute approximate surface area is 118 Å². The van der Waals surface area contributed by atoms with Gasteiger partial charge in [0.25, 0.3) is 0 Å². The van der Waals surface area contributed by atoms with Gasteiger partial charge in [-0.1, -0.05) is 18.2 Å². The number of hydrogen-bond acceptors (Lipinski definition) is 3. The van der Waals surface area contributed by atoms with Crippen LogP contribution in [-0.2, 0) is 13.6 Å². The first-order valence-electron chi connectivity index (χ1n) is 6.23. The van der Waals surface area contributed by atoms with Gasteiger partial charge in [0.2, 0.25) is 0 Å². The molecule has 19 heavy (non-hydrogen) atoms. The molecular formula is C15H17N3S. The summed E-state index contributed by atoms with van der Waals surface area (Å²) in [4.78, 5) is 1.30. The minimum atomic E-state index is 0.704. The van der Waals surface area contributed by atoms with Crippen molar-refractivity contribution in [1.82, 2.24) is 9.88 Å². The number of nitriles is 1. The molecule has 0 bridgehead atoms. The molecule has 0 atom stereocenters. The van der Waals surface area contributed by atoms with Crippen molar-refractivity contribution in [1.29, 1.82) is 5.26 Å². The molecule has 0 saturated heterocycles. The zero-order valence-corrected chi connectivity index (χ0v) is 11.8. The van der Waals surface area contributed by atoms with E-state index >= 15 is 0 Å². The Kier molecular flexibility index (Phi) is 5.08. The summed E-state index contributed by atoms with van der Waals surface area (Å²) in [6.45, 7) is 1.77. The SMILES string of the molecule is Cn1cc(CNCCSc2ccccc2)cc1C#N. The molecule has 0 aliphatic carbocycles. The van der Waals surface area contributed by atoms with E-state index in [1.54, 1.807) is 0 Å². The molecule has 1 aromatic heterocycles. The number of nitrogens with zero attached hydrogens (tertiary/aromatic N) is 2. The molecule has 3 nitrogen and oxygen atoms in total. The third-order valence-electron chi connectivity index (χ3n) is 2.80. The Morgan fingerprint density at radius 3 is 2.79 bits per heavy atom. The molecule has 0 radical (unpaired) electrons. The van der Waals surface area contributed by atoms with Crippen molar-refractivity contribution in [2.75, 3.05) is 12.3 Å². The molecule has 2 aromatic rings. The number of hydrogen-bond donors (Lipinski definition) is 1. The Morgan fingerprint density at radius 1 is 1.32 bits per heavy atom. The van der Waals surface area contributed by atoms with Crippen molar-refractivity contribution in [3.05, 3.63) is 53.9 Å². The molecule has 1 heterocycles. The summed E-state index contributed by atoms with van der Waals surface area (Å²) in [6.07, 6.45) is 2.00. The van der Waals surface area contributed by atoms with Gasteiger partial charge in [0, 0.05) is 37.0 Å². The average Bonchev–Trinajstić information content (AvgIpc) is 2.80. The molecule has 0 aliphatic rings. The molecule has 0 aliphatic heterocycles. The summed E-state index contributed by atoms with van der Waals surface area (Å²) in [5.74, 6) is 1.04. The summed E-state index contributed by atoms with van der Waals surface area (Å²) in [5, 5.41) is 12.3. The van der Waals surface area contributed by atoms with E-state index in [4.69, 9.17) is 5.26 Å². The highest BCUT2D eigenvalue weighted by Crippen LogP contribution is 2.15. The van der Waals surface area contributed by atoms with Crippen LogP contribution in [0.25, 0.3) is 0 Å². The van der Waals surface area contributed by atoms with Crippen molar-refractivity contribution < 1.29 is 0 Å². The van der Waals surface area contributed by atoms with Crippen molar-refractivity contribution in [2.45, 2.75) is 11.4 Å². The van der Waals surface area contributed by atoms with Gasteiger partial charge in [-0.15, -0.1) is 11.8 Å². The van der Waals surface area contributed by atoms with Gasteiger partial charge in [-0.25, -0.2) is 0 Å². The highest BCUT2D eigenvalue weighted by Gasteiger charge is 2.01. The van der Waals surface area contributed by atoms with Crippen LogP contribution in [0.1, 0.15) is 11.3 Å². The number of rotatable bonds is 6. The molecule has 2 rings (SSSR count). The van der Waals surface area contributed by atoms with E-state index in [1.165, 1.54) is 4.90 Å². The molecule has 0 unspecified atom stereocenters. The van der Waals surface area contributed by atoms with Gasteiger partial charge in [0.15, 0.2) is 0 Å². The quantitative estimate of drug-likeness (QED) is 0.649. The van der Waals surface area contributed by atoms with Crippen LogP contribution in [0.3, 0.4) is 0 Å². The maximum Gasteiger partial charge on any atom is 0.120 e. The molecule has 1 aromatic carbocycles. The van der Waals surface area contributed by atoms with Crippen molar-refractivity contribution in [3.8, 4) is 6.07 Å². The van der Waals surface area contributed by atoms with Gasteiger partial charge in [0.05, 0.1) is 0 Å². The molecule has 98 valence electrons. The number of aryl methyl sites for hydroxylation is 1. The summed E-state index contributed by atoms with van der Waals surface area (Å²) < 4.78 is 1.86. The molecule has 0 spiro atoms. The first-order valence-corrected chi connectivity index (χ1v) is 7.22. The largest absolute Gasteiger partial charge is 0.342 e. The van der Waals surface area contributed by atoms with Crippen LogP contribution in [0.15, 0.2) is 47.5 Å². The fraction of sp³-hybridized carbons (Fsp3) is 0.267. The predicted molar refractivity (Wildman–Crippen MR) is 79.0 cm³/mol. The van der Waals surface area contributed by atoms with Crippen LogP contribution in [0, 0.1) is 11.3 Å². The smallest absolute Gasteiger partial charge is 0.120 e. The standard InChI is InChI=1S/C15H17N3S/c1-18-12-13(9-14(18)10-16)11-17-7-8-19-15-5-3-2-4-6-15/h2-6,9,12,17H,7-8,11H2,1H3. The molecule has 0 saturated carbocycles. The minimum absolute atomic E-state index is 0.704. The van der Waals surface area contributed by atoms with Crippen LogP contribution >= 0.6 is 11.8 Å². The third kappa shape index (κ3) is 4.16. The lowest BCUT2D eigenvalue weighted by molar-refractivity contribution is 0.730. The van der Waals surface area contributed by atoms with E-state index in [-0.39, 0.29) is 0 Å². The van der Waals surface area contributed by atoms with Gasteiger partial charge >= 0.3 is 0 Å². The maximum atomic E-state index is 8.87. The van der Waals surface area contributed by atoms with Crippen LogP contribution in [0.4, 0.5) is 0 Å². The van der Waals surface area contributed by atoms with Crippen LogP contribution in [0.2, 0.25) is 0 Å². The fourth-order valence-electron chi connectivity index (χ4n) is 1.83. The molecular weight excluding hydrogens is 254 g/mol. The number of nitrogens with one attached hydrogen (secondary N) is 1. The van der Waals surface area contributed by atoms with Gasteiger partial charge in [-0.3, -0.25) is 0 Å². The van der Waals surface area contributed by atoms with Crippen molar-refractivity contribution >= 4 is 11.8 Å². The van der Waals surface area contributed by atoms with E-state index < -0.39 is 0 Å². The zero-order chi connectivity index (χ0) is 13.5. The second-order valence-electron chi connectivity index (χ2n) is 4.29. The molecule has 1 N–H and O–H groups in total. The van der Waals surface area contributed by atoms with E-state index in [9.17, 15) is 0 Å². The highest BCUT2D eigenvalue weighted by molar-refractivity contribution is 7.99. The highest BCUT2D eigenvalue weighted by atomic mass is 32.2. The number of aromatic nitrogens is 1. The number of thioether (sulfide) groups is 1. The Morgan fingerprint density at radius 2 is 2.11 bits per heavy atom. The minimum Gasteiger partial charge on any atom is -0.342 e. The van der Waals surface area contributed by atoms with Crippen molar-refractivity contribution in [3.63, 3.8) is 0 Å². The average molecular weight is 271 g/mol. The van der Waals surface area contributed by atoms with Gasteiger partial charge < -0.3 is 9.88 Å². The first-order chi connectivity index (χ1) is 9.29. The van der Waals surface area contributed by atoms with E-state index in [2.05, 4.69) is 35.7 Å². The lowest BCUT2D eigenvalue weighted by Gasteiger charge is -2.03. The van der Waals surface area contributed by atoms with Crippen LogP contribution in [0.5, 0.6) is 0 Å². The van der Waals surface area contributed by atoms with E-state index in [0.29, 0.717) is 5.69 Å². The van der Waals surface area contributed by atoms with E-state index in [1.807, 2.05) is 41.7 Å². The molecule has 4 heteroatoms. The second kappa shape index (κ2) is 7.03. The predicted octanol–water partition coefficient (Wildman–Crippen LogP) is 2.78. The van der Waals surface area contributed by atoms with Gasteiger partial charge in [-0.2, -0.15) is 5.26 Å². The Balaban J connectivity index is 1.68. The van der Waals surface area contributed by atoms with Crippen molar-refractivity contribution in [2.24, 2.45) is 7.05 Å². The monoisotopic (exact) mass is 271 g/mol. The Bertz CT molecular complexity index is 555. The van der Waals surface area contributed by atoms with Gasteiger partial charge in [-0.05, 0) is 23.8 Å². The van der Waals surface area contributed by atoms with E-state index in [0.717, 1.165) is 24.4 Å². The zero-order valence-electron chi connectivity index (χ0n) is 11.0. The first kappa shape index (κ1) is 13.7. The van der Waals surface area contributed by atoms with Gasteiger partial charge in [0.1, 0.15) is 11.8 Å². The summed E-state index contributed by atoms with van der Waals surface area (Å²) in [5.41, 5.74) is 1.86. The number of benzene rings is 1. The molecule has 0 amide bonds. The molecule has 0 fully saturated rings. The normalized spacial score (nSPS) is 10.3. The maximum absolute atomic E-state index is 8.87. The topological polar surface area (TPSA) is 40.8 Å². The lowest BCUT2D eigenvalue weighted by atomic mass is 10.3. The second-order valence-corrected chi connectivity index (χ2v) is 5.46. The third-order valence-corrected chi connectivity index (χ3v) is 3.81. The van der Waals surface area contributed by atoms with Crippen LogP contribution in [-0.4, -0.2) is 16.9 Å². The van der Waals surface area contributed by atoms with Crippen LogP contribution < -0.4 is 5.32 Å². The Hall–Kier alpha value is -1.70. The summed E-state index contributed by atoms with van der Waals surface area (Å²) in [7, 11) is 1.90. The fourth-order valence-corrected chi connectivity index (χ4v) is 2.66.